The third-order valence-corrected chi connectivity index (χ3v) is 5.17. The number of hydrogen-bond donors (Lipinski definition) is 2. The number of nitrogens with two attached hydrogens (primary N) is 1. The van der Waals surface area contributed by atoms with Crippen LogP contribution in [-0.2, 0) is 25.9 Å². The fourth-order valence-electron chi connectivity index (χ4n) is 2.90. The van der Waals surface area contributed by atoms with Gasteiger partial charge in [-0.2, -0.15) is 0 Å². The van der Waals surface area contributed by atoms with E-state index in [4.69, 9.17) is 10.5 Å². The molecule has 0 fully saturated rings. The third-order valence-electron chi connectivity index (χ3n) is 4.03. The van der Waals surface area contributed by atoms with Crippen molar-refractivity contribution >= 4 is 23.0 Å². The minimum atomic E-state index is -0.870. The zero-order valence-corrected chi connectivity index (χ0v) is 13.3. The molecule has 2 aromatic rings. The van der Waals surface area contributed by atoms with Crippen LogP contribution in [0.3, 0.4) is 0 Å². The van der Waals surface area contributed by atoms with Gasteiger partial charge in [0.1, 0.15) is 17.2 Å². The number of carboxylic acids is 1. The Bertz CT molecular complexity index is 721. The smallest absolute Gasteiger partial charge is 0.346 e. The fourth-order valence-corrected chi connectivity index (χ4v) is 3.90. The molecule has 1 heterocycles. The SMILES string of the molecule is CCc1cc(COc2cc3c(cc2N)CCC3)sc1C(=O)O. The lowest BCUT2D eigenvalue weighted by atomic mass is 10.1. The number of carbonyl (C=O) groups is 1. The highest BCUT2D eigenvalue weighted by Crippen LogP contribution is 2.32. The second-order valence-electron chi connectivity index (χ2n) is 5.53. The van der Waals surface area contributed by atoms with E-state index in [-0.39, 0.29) is 0 Å². The summed E-state index contributed by atoms with van der Waals surface area (Å²) in [5.41, 5.74) is 10.2. The topological polar surface area (TPSA) is 72.5 Å². The van der Waals surface area contributed by atoms with Gasteiger partial charge in [-0.3, -0.25) is 0 Å². The van der Waals surface area contributed by atoms with Gasteiger partial charge in [0, 0.05) is 4.88 Å². The van der Waals surface area contributed by atoms with Crippen LogP contribution in [0.1, 0.15) is 44.6 Å². The summed E-state index contributed by atoms with van der Waals surface area (Å²) < 4.78 is 5.83. The van der Waals surface area contributed by atoms with Crippen LogP contribution in [0.2, 0.25) is 0 Å². The normalized spacial score (nSPS) is 13.1. The van der Waals surface area contributed by atoms with Gasteiger partial charge in [0.05, 0.1) is 5.69 Å². The summed E-state index contributed by atoms with van der Waals surface area (Å²) >= 11 is 1.28. The van der Waals surface area contributed by atoms with Crippen LogP contribution in [-0.4, -0.2) is 11.1 Å². The Morgan fingerprint density at radius 3 is 2.68 bits per heavy atom. The summed E-state index contributed by atoms with van der Waals surface area (Å²) in [6.45, 7) is 2.31. The molecule has 0 saturated heterocycles. The van der Waals surface area contributed by atoms with Gasteiger partial charge in [0.25, 0.3) is 0 Å². The van der Waals surface area contributed by atoms with Crippen molar-refractivity contribution in [3.05, 3.63) is 44.6 Å². The molecular formula is C17H19NO3S. The van der Waals surface area contributed by atoms with E-state index in [9.17, 15) is 9.90 Å². The van der Waals surface area contributed by atoms with Crippen molar-refractivity contribution in [2.75, 3.05) is 5.73 Å². The highest BCUT2D eigenvalue weighted by atomic mass is 32.1. The second-order valence-corrected chi connectivity index (χ2v) is 6.66. The summed E-state index contributed by atoms with van der Waals surface area (Å²) in [7, 11) is 0. The number of hydrogen-bond acceptors (Lipinski definition) is 4. The van der Waals surface area contributed by atoms with E-state index in [0.717, 1.165) is 23.3 Å². The predicted octanol–water partition coefficient (Wildman–Crippen LogP) is 3.66. The number of benzene rings is 1. The number of fused-ring (bicyclic) bond motifs is 1. The van der Waals surface area contributed by atoms with Crippen LogP contribution in [0, 0.1) is 0 Å². The Morgan fingerprint density at radius 1 is 1.32 bits per heavy atom. The summed E-state index contributed by atoms with van der Waals surface area (Å²) in [5.74, 6) is -0.172. The molecule has 0 bridgehead atoms. The van der Waals surface area contributed by atoms with Crippen molar-refractivity contribution in [3.63, 3.8) is 0 Å². The van der Waals surface area contributed by atoms with Crippen molar-refractivity contribution in [2.24, 2.45) is 0 Å². The van der Waals surface area contributed by atoms with Gasteiger partial charge in [-0.05, 0) is 60.6 Å². The first-order valence-electron chi connectivity index (χ1n) is 7.47. The van der Waals surface area contributed by atoms with E-state index in [2.05, 4.69) is 0 Å². The monoisotopic (exact) mass is 317 g/mol. The lowest BCUT2D eigenvalue weighted by Gasteiger charge is -2.10. The first kappa shape index (κ1) is 14.9. The average molecular weight is 317 g/mol. The van der Waals surface area contributed by atoms with Crippen molar-refractivity contribution in [1.29, 1.82) is 0 Å². The minimum absolute atomic E-state index is 0.355. The molecule has 0 radical (unpaired) electrons. The van der Waals surface area contributed by atoms with Crippen LogP contribution in [0.25, 0.3) is 0 Å². The molecule has 0 aliphatic heterocycles. The van der Waals surface area contributed by atoms with Gasteiger partial charge >= 0.3 is 5.97 Å². The molecule has 0 atom stereocenters. The quantitative estimate of drug-likeness (QED) is 0.826. The van der Waals surface area contributed by atoms with Crippen molar-refractivity contribution < 1.29 is 14.6 Å². The maximum Gasteiger partial charge on any atom is 0.346 e. The summed E-state index contributed by atoms with van der Waals surface area (Å²) in [6, 6.07) is 5.95. The van der Waals surface area contributed by atoms with Crippen molar-refractivity contribution in [2.45, 2.75) is 39.2 Å². The number of ether oxygens (including phenoxy) is 1. The largest absolute Gasteiger partial charge is 0.486 e. The lowest BCUT2D eigenvalue weighted by molar-refractivity contribution is 0.0701. The van der Waals surface area contributed by atoms with Gasteiger partial charge in [-0.1, -0.05) is 6.92 Å². The average Bonchev–Trinajstić information content (AvgIpc) is 3.10. The lowest BCUT2D eigenvalue weighted by Crippen LogP contribution is -1.99. The number of carboxylic acid groups (broad SMARTS) is 1. The highest BCUT2D eigenvalue weighted by molar-refractivity contribution is 7.14. The molecule has 22 heavy (non-hydrogen) atoms. The Balaban J connectivity index is 1.77. The Morgan fingerprint density at radius 2 is 2.05 bits per heavy atom. The number of nitrogen functional groups attached to an aromatic ring is 1. The van der Waals surface area contributed by atoms with Crippen molar-refractivity contribution in [1.82, 2.24) is 0 Å². The zero-order valence-electron chi connectivity index (χ0n) is 12.5. The molecule has 0 unspecified atom stereocenters. The molecular weight excluding hydrogens is 298 g/mol. The van der Waals surface area contributed by atoms with Crippen LogP contribution in [0.4, 0.5) is 5.69 Å². The number of aryl methyl sites for hydroxylation is 3. The first-order valence-corrected chi connectivity index (χ1v) is 8.29. The van der Waals surface area contributed by atoms with Crippen LogP contribution >= 0.6 is 11.3 Å². The Kier molecular flexibility index (Phi) is 4.07. The maximum absolute atomic E-state index is 11.2. The molecule has 0 amide bonds. The molecule has 4 nitrogen and oxygen atoms in total. The second kappa shape index (κ2) is 6.01. The van der Waals surface area contributed by atoms with E-state index >= 15 is 0 Å². The molecule has 1 aromatic carbocycles. The highest BCUT2D eigenvalue weighted by Gasteiger charge is 2.16. The maximum atomic E-state index is 11.2. The van der Waals surface area contributed by atoms with E-state index < -0.39 is 5.97 Å². The van der Waals surface area contributed by atoms with Gasteiger partial charge in [0.15, 0.2) is 0 Å². The predicted molar refractivity (Wildman–Crippen MR) is 87.9 cm³/mol. The Labute approximate surface area is 133 Å². The van der Waals surface area contributed by atoms with E-state index in [1.807, 2.05) is 25.1 Å². The first-order chi connectivity index (χ1) is 10.6. The Hall–Kier alpha value is -2.01. The summed E-state index contributed by atoms with van der Waals surface area (Å²) in [6.07, 6.45) is 4.05. The standard InChI is InChI=1S/C17H19NO3S/c1-2-10-6-13(22-16(10)17(19)20)9-21-15-8-12-5-3-4-11(12)7-14(15)18/h6-8H,2-5,9,18H2,1H3,(H,19,20). The number of anilines is 1. The van der Waals surface area contributed by atoms with Crippen LogP contribution in [0.15, 0.2) is 18.2 Å². The van der Waals surface area contributed by atoms with Crippen LogP contribution in [0.5, 0.6) is 5.75 Å². The number of aromatic carboxylic acids is 1. The third kappa shape index (κ3) is 2.81. The molecule has 0 saturated carbocycles. The van der Waals surface area contributed by atoms with Crippen LogP contribution < -0.4 is 10.5 Å². The minimum Gasteiger partial charge on any atom is -0.486 e. The number of thiophene rings is 1. The summed E-state index contributed by atoms with van der Waals surface area (Å²) in [5, 5.41) is 9.19. The molecule has 1 aliphatic carbocycles. The number of rotatable bonds is 5. The van der Waals surface area contributed by atoms with E-state index in [1.165, 1.54) is 28.9 Å². The molecule has 1 aromatic heterocycles. The van der Waals surface area contributed by atoms with Gasteiger partial charge in [-0.15, -0.1) is 11.3 Å². The molecule has 5 heteroatoms. The van der Waals surface area contributed by atoms with Gasteiger partial charge in [-0.25, -0.2) is 4.79 Å². The van der Waals surface area contributed by atoms with Crippen molar-refractivity contribution in [3.8, 4) is 5.75 Å². The van der Waals surface area contributed by atoms with E-state index in [1.54, 1.807) is 0 Å². The van der Waals surface area contributed by atoms with Gasteiger partial charge < -0.3 is 15.6 Å². The molecule has 1 aliphatic rings. The molecule has 0 spiro atoms. The zero-order chi connectivity index (χ0) is 15.7. The molecule has 116 valence electrons. The van der Waals surface area contributed by atoms with Gasteiger partial charge in [0.2, 0.25) is 0 Å². The molecule has 3 N–H and O–H groups in total. The summed E-state index contributed by atoms with van der Waals surface area (Å²) in [4.78, 5) is 12.5. The van der Waals surface area contributed by atoms with E-state index in [0.29, 0.717) is 29.3 Å². The fraction of sp³-hybridized carbons (Fsp3) is 0.353. The molecule has 3 rings (SSSR count).